The zero-order valence-electron chi connectivity index (χ0n) is 13.3. The zero-order valence-corrected chi connectivity index (χ0v) is 14.1. The minimum Gasteiger partial charge on any atom is -0.393 e. The lowest BCUT2D eigenvalue weighted by molar-refractivity contribution is 0.0931. The average Bonchev–Trinajstić information content (AvgIpc) is 2.39. The Bertz CT molecular complexity index is 285. The van der Waals surface area contributed by atoms with Crippen molar-refractivity contribution in [3.8, 4) is 0 Å². The molecule has 0 aromatic heterocycles. The van der Waals surface area contributed by atoms with Crippen molar-refractivity contribution in [3.05, 3.63) is 0 Å². The minimum atomic E-state index is 0.0156. The molecule has 3 heteroatoms. The molecule has 1 aliphatic heterocycles. The Morgan fingerprint density at radius 2 is 1.74 bits per heavy atom. The summed E-state index contributed by atoms with van der Waals surface area (Å²) < 4.78 is 0. The first kappa shape index (κ1) is 16.9. The van der Waals surface area contributed by atoms with E-state index in [4.69, 9.17) is 18.0 Å². The van der Waals surface area contributed by atoms with Crippen LogP contribution in [0.5, 0.6) is 0 Å². The second kappa shape index (κ2) is 7.03. The van der Waals surface area contributed by atoms with Crippen LogP contribution in [0.2, 0.25) is 0 Å². The maximum atomic E-state index is 5.78. The molecule has 0 unspecified atom stereocenters. The summed E-state index contributed by atoms with van der Waals surface area (Å²) in [6.07, 6.45) is 7.73. The number of hydrogen-bond donors (Lipinski definition) is 1. The Labute approximate surface area is 125 Å². The Morgan fingerprint density at radius 1 is 1.21 bits per heavy atom. The van der Waals surface area contributed by atoms with Crippen molar-refractivity contribution in [1.82, 2.24) is 4.90 Å². The average molecular weight is 285 g/mol. The van der Waals surface area contributed by atoms with Crippen LogP contribution in [0.3, 0.4) is 0 Å². The van der Waals surface area contributed by atoms with Crippen molar-refractivity contribution in [2.45, 2.75) is 66.2 Å². The molecule has 1 fully saturated rings. The molecule has 19 heavy (non-hydrogen) atoms. The van der Waals surface area contributed by atoms with E-state index in [1.807, 2.05) is 0 Å². The molecule has 0 saturated carbocycles. The highest BCUT2D eigenvalue weighted by molar-refractivity contribution is 7.80. The van der Waals surface area contributed by atoms with E-state index in [9.17, 15) is 0 Å². The Morgan fingerprint density at radius 3 is 2.16 bits per heavy atom. The van der Waals surface area contributed by atoms with Crippen molar-refractivity contribution in [1.29, 1.82) is 0 Å². The number of hydrogen-bond acceptors (Lipinski definition) is 2. The maximum absolute atomic E-state index is 5.78. The minimum absolute atomic E-state index is 0.0156. The van der Waals surface area contributed by atoms with Crippen LogP contribution >= 0.6 is 12.2 Å². The van der Waals surface area contributed by atoms with E-state index in [1.54, 1.807) is 0 Å². The molecule has 0 aromatic rings. The van der Waals surface area contributed by atoms with Gasteiger partial charge in [0.15, 0.2) is 0 Å². The van der Waals surface area contributed by atoms with Crippen molar-refractivity contribution >= 4 is 17.2 Å². The Balaban J connectivity index is 2.29. The number of rotatable bonds is 7. The van der Waals surface area contributed by atoms with Crippen LogP contribution in [0, 0.1) is 10.8 Å². The molecule has 0 atom stereocenters. The topological polar surface area (TPSA) is 29.3 Å². The summed E-state index contributed by atoms with van der Waals surface area (Å²) in [5.74, 6) is 0. The van der Waals surface area contributed by atoms with E-state index in [2.05, 4.69) is 32.6 Å². The predicted molar refractivity (Wildman–Crippen MR) is 88.5 cm³/mol. The van der Waals surface area contributed by atoms with Crippen molar-refractivity contribution in [2.75, 3.05) is 19.6 Å². The Hall–Kier alpha value is -0.150. The highest BCUT2D eigenvalue weighted by atomic mass is 32.1. The molecule has 1 heterocycles. The molecule has 1 aliphatic rings. The van der Waals surface area contributed by atoms with Crippen molar-refractivity contribution < 1.29 is 0 Å². The fourth-order valence-corrected chi connectivity index (χ4v) is 3.18. The largest absolute Gasteiger partial charge is 0.393 e. The quantitative estimate of drug-likeness (QED) is 0.717. The highest BCUT2D eigenvalue weighted by Crippen LogP contribution is 2.38. The first-order valence-corrected chi connectivity index (χ1v) is 8.28. The summed E-state index contributed by atoms with van der Waals surface area (Å²) >= 11 is 5.13. The van der Waals surface area contributed by atoms with E-state index < -0.39 is 0 Å². The highest BCUT2D eigenvalue weighted by Gasteiger charge is 2.31. The van der Waals surface area contributed by atoms with Gasteiger partial charge in [-0.05, 0) is 50.7 Å². The third kappa shape index (κ3) is 4.71. The summed E-state index contributed by atoms with van der Waals surface area (Å²) in [6, 6.07) is 0. The predicted octanol–water partition coefficient (Wildman–Crippen LogP) is 3.98. The Kier molecular flexibility index (Phi) is 6.25. The van der Waals surface area contributed by atoms with Gasteiger partial charge in [0, 0.05) is 5.41 Å². The molecule has 2 N–H and O–H groups in total. The van der Waals surface area contributed by atoms with Crippen LogP contribution in [-0.2, 0) is 0 Å². The van der Waals surface area contributed by atoms with Gasteiger partial charge >= 0.3 is 0 Å². The number of thiocarbonyl (C=S) groups is 1. The summed E-state index contributed by atoms with van der Waals surface area (Å²) in [7, 11) is 0. The van der Waals surface area contributed by atoms with E-state index in [0.29, 0.717) is 10.4 Å². The summed E-state index contributed by atoms with van der Waals surface area (Å²) in [5.41, 5.74) is 6.43. The van der Waals surface area contributed by atoms with Crippen LogP contribution in [-0.4, -0.2) is 29.5 Å². The molecule has 112 valence electrons. The van der Waals surface area contributed by atoms with E-state index >= 15 is 0 Å². The van der Waals surface area contributed by atoms with Gasteiger partial charge < -0.3 is 10.6 Å². The van der Waals surface area contributed by atoms with E-state index in [0.717, 1.165) is 6.42 Å². The van der Waals surface area contributed by atoms with Gasteiger partial charge in [-0.2, -0.15) is 0 Å². The standard InChI is InChI=1S/C16H32N2S/c1-5-16(6-2)9-12-18(13-10-16)11-7-8-15(3,4)14(17)19/h5-13H2,1-4H3,(H2,17,19). The first-order chi connectivity index (χ1) is 8.85. The maximum Gasteiger partial charge on any atom is 0.0784 e. The summed E-state index contributed by atoms with van der Waals surface area (Å²) in [5, 5.41) is 0. The fourth-order valence-electron chi connectivity index (χ4n) is 3.08. The van der Waals surface area contributed by atoms with Crippen molar-refractivity contribution in [2.24, 2.45) is 16.6 Å². The lowest BCUT2D eigenvalue weighted by atomic mass is 9.74. The molecule has 0 aromatic carbocycles. The van der Waals surface area contributed by atoms with Gasteiger partial charge in [0.05, 0.1) is 4.99 Å². The van der Waals surface area contributed by atoms with E-state index in [1.165, 1.54) is 51.7 Å². The molecule has 1 rings (SSSR count). The number of nitrogens with zero attached hydrogens (tertiary/aromatic N) is 1. The van der Waals surface area contributed by atoms with Crippen molar-refractivity contribution in [3.63, 3.8) is 0 Å². The molecule has 2 nitrogen and oxygen atoms in total. The summed E-state index contributed by atoms with van der Waals surface area (Å²) in [4.78, 5) is 3.28. The van der Waals surface area contributed by atoms with Crippen LogP contribution in [0.1, 0.15) is 66.2 Å². The second-order valence-corrected chi connectivity index (χ2v) is 7.34. The molecule has 1 saturated heterocycles. The monoisotopic (exact) mass is 284 g/mol. The number of piperidine rings is 1. The lowest BCUT2D eigenvalue weighted by Crippen LogP contribution is -2.40. The molecule has 0 amide bonds. The molecule has 0 bridgehead atoms. The zero-order chi connectivity index (χ0) is 14.5. The van der Waals surface area contributed by atoms with Crippen LogP contribution in [0.4, 0.5) is 0 Å². The number of likely N-dealkylation sites (tertiary alicyclic amines) is 1. The van der Waals surface area contributed by atoms with Gasteiger partial charge in [0.25, 0.3) is 0 Å². The van der Waals surface area contributed by atoms with Crippen LogP contribution in [0.25, 0.3) is 0 Å². The molecule has 0 spiro atoms. The van der Waals surface area contributed by atoms with Gasteiger partial charge in [0.2, 0.25) is 0 Å². The normalized spacial score (nSPS) is 20.4. The molecule has 0 aliphatic carbocycles. The molecular formula is C16H32N2S. The fraction of sp³-hybridized carbons (Fsp3) is 0.938. The van der Waals surface area contributed by atoms with Crippen LogP contribution < -0.4 is 5.73 Å². The lowest BCUT2D eigenvalue weighted by Gasteiger charge is -2.41. The molecular weight excluding hydrogens is 252 g/mol. The summed E-state index contributed by atoms with van der Waals surface area (Å²) in [6.45, 7) is 12.8. The van der Waals surface area contributed by atoms with Gasteiger partial charge in [-0.1, -0.05) is 52.8 Å². The van der Waals surface area contributed by atoms with Gasteiger partial charge in [-0.25, -0.2) is 0 Å². The number of nitrogens with two attached hydrogens (primary N) is 1. The third-order valence-corrected chi connectivity index (χ3v) is 5.91. The third-order valence-electron chi connectivity index (χ3n) is 5.36. The van der Waals surface area contributed by atoms with E-state index in [-0.39, 0.29) is 5.41 Å². The van der Waals surface area contributed by atoms with Crippen LogP contribution in [0.15, 0.2) is 0 Å². The van der Waals surface area contributed by atoms with Gasteiger partial charge in [0.1, 0.15) is 0 Å². The van der Waals surface area contributed by atoms with Gasteiger partial charge in [-0.3, -0.25) is 0 Å². The van der Waals surface area contributed by atoms with Gasteiger partial charge in [-0.15, -0.1) is 0 Å². The SMILES string of the molecule is CCC1(CC)CCN(CCCC(C)(C)C(N)=S)CC1. The smallest absolute Gasteiger partial charge is 0.0784 e. The first-order valence-electron chi connectivity index (χ1n) is 7.87. The second-order valence-electron chi connectivity index (χ2n) is 6.90. The molecule has 0 radical (unpaired) electrons.